The molecule has 1 atom stereocenters. The molecule has 7 heteroatoms. The predicted octanol–water partition coefficient (Wildman–Crippen LogP) is 4.49. The van der Waals surface area contributed by atoms with Gasteiger partial charge in [-0.15, -0.1) is 0 Å². The van der Waals surface area contributed by atoms with Gasteiger partial charge in [-0.1, -0.05) is 70.4 Å². The van der Waals surface area contributed by atoms with Crippen molar-refractivity contribution >= 4 is 47.3 Å². The number of nitrogens with one attached hydrogen (secondary N) is 1. The van der Waals surface area contributed by atoms with Gasteiger partial charge < -0.3 is 15.7 Å². The van der Waals surface area contributed by atoms with Crippen molar-refractivity contribution in [3.8, 4) is 0 Å². The first-order valence-corrected chi connectivity index (χ1v) is 10.9. The van der Waals surface area contributed by atoms with E-state index in [-0.39, 0.29) is 41.8 Å². The third-order valence-electron chi connectivity index (χ3n) is 4.99. The molecule has 0 aromatic heterocycles. The number of hydrogen-bond acceptors (Lipinski definition) is 3. The molecule has 0 spiro atoms. The van der Waals surface area contributed by atoms with E-state index in [4.69, 9.17) is 16.2 Å². The van der Waals surface area contributed by atoms with Crippen molar-refractivity contribution in [1.29, 1.82) is 5.41 Å². The molecule has 0 saturated carbocycles. The van der Waals surface area contributed by atoms with Crippen molar-refractivity contribution in [2.45, 2.75) is 103 Å². The average molecular weight is 419 g/mol. The maximum Gasteiger partial charge on any atom is 0.334 e. The number of carboxylic acids is 1. The molecular formula is C22H41N3NaO3. The molecule has 4 N–H and O–H groups in total. The number of hydrogen-bond donors (Lipinski definition) is 3. The van der Waals surface area contributed by atoms with E-state index in [2.05, 4.69) is 19.1 Å². The van der Waals surface area contributed by atoms with Crippen LogP contribution in [0.15, 0.2) is 12.2 Å². The zero-order valence-electron chi connectivity index (χ0n) is 18.9. The number of rotatable bonds is 18. The molecule has 0 saturated heterocycles. The molecule has 0 aromatic carbocycles. The van der Waals surface area contributed by atoms with Gasteiger partial charge >= 0.3 is 5.97 Å². The van der Waals surface area contributed by atoms with Gasteiger partial charge in [-0.2, -0.15) is 0 Å². The van der Waals surface area contributed by atoms with Gasteiger partial charge in [0.1, 0.15) is 0 Å². The predicted molar refractivity (Wildman–Crippen MR) is 121 cm³/mol. The Balaban J connectivity index is 0. The summed E-state index contributed by atoms with van der Waals surface area (Å²) in [6, 6.07) is -1.35. The summed E-state index contributed by atoms with van der Waals surface area (Å²) >= 11 is 0. The van der Waals surface area contributed by atoms with Gasteiger partial charge in [-0.3, -0.25) is 10.2 Å². The Morgan fingerprint density at radius 2 is 1.38 bits per heavy atom. The van der Waals surface area contributed by atoms with Gasteiger partial charge in [0.15, 0.2) is 17.8 Å². The average Bonchev–Trinajstić information content (AvgIpc) is 2.64. The third-order valence-corrected chi connectivity index (χ3v) is 4.99. The fourth-order valence-electron chi connectivity index (χ4n) is 3.17. The van der Waals surface area contributed by atoms with Crippen LogP contribution in [0.4, 0.5) is 0 Å². The van der Waals surface area contributed by atoms with Gasteiger partial charge in [0, 0.05) is 43.0 Å². The topological polar surface area (TPSA) is 107 Å². The first kappa shape index (κ1) is 30.3. The molecule has 1 unspecified atom stereocenters. The molecule has 0 fully saturated rings. The number of carbonyl (C=O) groups is 2. The van der Waals surface area contributed by atoms with Crippen LogP contribution in [0.2, 0.25) is 0 Å². The first-order valence-electron chi connectivity index (χ1n) is 10.9. The van der Waals surface area contributed by atoms with Gasteiger partial charge in [-0.25, -0.2) is 4.79 Å². The smallest absolute Gasteiger partial charge is 0.334 e. The SMILES string of the molecule is CCCCCCCC/C=C\CCCCCCCC(=O)C(C(=O)O)N(C)C(=N)N.[Na]. The van der Waals surface area contributed by atoms with Gasteiger partial charge in [0.2, 0.25) is 0 Å². The molecule has 0 heterocycles. The van der Waals surface area contributed by atoms with Crippen molar-refractivity contribution in [3.63, 3.8) is 0 Å². The van der Waals surface area contributed by atoms with E-state index in [9.17, 15) is 9.59 Å². The Morgan fingerprint density at radius 3 is 1.83 bits per heavy atom. The Labute approximate surface area is 199 Å². The standard InChI is InChI=1S/C22H41N3O3.Na/c1-3-4-5-6-7-8-9-10-11-12-13-14-15-16-17-18-19(26)20(21(27)28)25(2)22(23)24;/h10-11,20H,3-9,12-18H2,1-2H3,(H3,23,24)(H,27,28);/b11-10-;. The maximum atomic E-state index is 12.1. The molecule has 0 aliphatic heterocycles. The minimum absolute atomic E-state index is 0. The normalized spacial score (nSPS) is 11.8. The summed E-state index contributed by atoms with van der Waals surface area (Å²) in [4.78, 5) is 24.3. The van der Waals surface area contributed by atoms with E-state index >= 15 is 0 Å². The zero-order chi connectivity index (χ0) is 21.2. The van der Waals surface area contributed by atoms with E-state index in [1.165, 1.54) is 52.0 Å². The molecule has 1 radical (unpaired) electrons. The quantitative estimate of drug-likeness (QED) is 0.0759. The maximum absolute atomic E-state index is 12.1. The zero-order valence-corrected chi connectivity index (χ0v) is 20.9. The number of guanidine groups is 1. The third kappa shape index (κ3) is 16.6. The number of unbranched alkanes of at least 4 members (excludes halogenated alkanes) is 11. The Hall–Kier alpha value is -0.850. The molecule has 0 aromatic rings. The number of carbonyl (C=O) groups excluding carboxylic acids is 1. The summed E-state index contributed by atoms with van der Waals surface area (Å²) in [5.74, 6) is -2.05. The van der Waals surface area contributed by atoms with Crippen molar-refractivity contribution < 1.29 is 14.7 Å². The molecule has 0 rings (SSSR count). The molecule has 6 nitrogen and oxygen atoms in total. The van der Waals surface area contributed by atoms with Crippen molar-refractivity contribution in [3.05, 3.63) is 12.2 Å². The minimum atomic E-state index is -1.35. The monoisotopic (exact) mass is 418 g/mol. The molecule has 0 aliphatic carbocycles. The summed E-state index contributed by atoms with van der Waals surface area (Å²) in [6.45, 7) is 2.24. The van der Waals surface area contributed by atoms with Crippen LogP contribution < -0.4 is 5.73 Å². The number of aliphatic carboxylic acids is 1. The Kier molecular flexibility index (Phi) is 21.4. The van der Waals surface area contributed by atoms with E-state index in [1.54, 1.807) is 0 Å². The fraction of sp³-hybridized carbons (Fsp3) is 0.773. The fourth-order valence-corrected chi connectivity index (χ4v) is 3.17. The number of Topliss-reactive ketones (excluding diaryl/α,β-unsaturated/α-hetero) is 1. The van der Waals surface area contributed by atoms with E-state index in [0.29, 0.717) is 6.42 Å². The molecule has 0 amide bonds. The van der Waals surface area contributed by atoms with Crippen LogP contribution in [0.3, 0.4) is 0 Å². The molecule has 0 aliphatic rings. The molecule has 0 bridgehead atoms. The molecule has 163 valence electrons. The van der Waals surface area contributed by atoms with Crippen LogP contribution >= 0.6 is 0 Å². The van der Waals surface area contributed by atoms with Crippen molar-refractivity contribution in [1.82, 2.24) is 4.90 Å². The van der Waals surface area contributed by atoms with Gasteiger partial charge in [0.05, 0.1) is 0 Å². The van der Waals surface area contributed by atoms with Crippen LogP contribution in [0.25, 0.3) is 0 Å². The largest absolute Gasteiger partial charge is 0.479 e. The second kappa shape index (κ2) is 20.4. The second-order valence-corrected chi connectivity index (χ2v) is 7.54. The van der Waals surface area contributed by atoms with E-state index in [0.717, 1.165) is 37.0 Å². The molecule has 29 heavy (non-hydrogen) atoms. The summed E-state index contributed by atoms with van der Waals surface area (Å²) < 4.78 is 0. The van der Waals surface area contributed by atoms with Crippen LogP contribution in [0.5, 0.6) is 0 Å². The van der Waals surface area contributed by atoms with E-state index < -0.39 is 18.0 Å². The summed E-state index contributed by atoms with van der Waals surface area (Å²) in [5.41, 5.74) is 5.29. The number of ketones is 1. The second-order valence-electron chi connectivity index (χ2n) is 7.54. The van der Waals surface area contributed by atoms with E-state index in [1.807, 2.05) is 0 Å². The molecular weight excluding hydrogens is 377 g/mol. The van der Waals surface area contributed by atoms with Crippen LogP contribution in [0.1, 0.15) is 96.8 Å². The minimum Gasteiger partial charge on any atom is -0.479 e. The Morgan fingerprint density at radius 1 is 0.931 bits per heavy atom. The van der Waals surface area contributed by atoms with Crippen molar-refractivity contribution in [2.24, 2.45) is 5.73 Å². The first-order chi connectivity index (χ1) is 13.4. The summed E-state index contributed by atoms with van der Waals surface area (Å²) in [7, 11) is 1.36. The number of carboxylic acid groups (broad SMARTS) is 1. The Bertz CT molecular complexity index is 484. The van der Waals surface area contributed by atoms with Gasteiger partial charge in [0.25, 0.3) is 0 Å². The number of likely N-dealkylation sites (N-methyl/N-ethyl adjacent to an activating group) is 1. The summed E-state index contributed by atoms with van der Waals surface area (Å²) in [6.07, 6.45) is 20.1. The number of nitrogens with zero attached hydrogens (tertiary/aromatic N) is 1. The van der Waals surface area contributed by atoms with Crippen molar-refractivity contribution in [2.75, 3.05) is 7.05 Å². The number of allylic oxidation sites excluding steroid dienone is 2. The van der Waals surface area contributed by atoms with Gasteiger partial charge in [-0.05, 0) is 32.1 Å². The van der Waals surface area contributed by atoms with Crippen LogP contribution in [0, 0.1) is 5.41 Å². The summed E-state index contributed by atoms with van der Waals surface area (Å²) in [5, 5.41) is 16.5. The van der Waals surface area contributed by atoms with Crippen LogP contribution in [-0.4, -0.2) is 70.4 Å². The number of nitrogens with two attached hydrogens (primary N) is 1. The van der Waals surface area contributed by atoms with Crippen LogP contribution in [-0.2, 0) is 9.59 Å².